The molecule has 0 aliphatic rings. The second kappa shape index (κ2) is 9.22. The zero-order chi connectivity index (χ0) is 19.1. The van der Waals surface area contributed by atoms with Crippen LogP contribution in [0.1, 0.15) is 6.92 Å². The highest BCUT2D eigenvalue weighted by Gasteiger charge is 2.24. The average molecular weight is 397 g/mol. The van der Waals surface area contributed by atoms with Crippen LogP contribution in [-0.4, -0.2) is 60.7 Å². The van der Waals surface area contributed by atoms with Crippen LogP contribution in [0.3, 0.4) is 0 Å². The third-order valence-corrected chi connectivity index (χ3v) is 6.32. The Morgan fingerprint density at radius 3 is 2.28 bits per heavy atom. The summed E-state index contributed by atoms with van der Waals surface area (Å²) < 4.78 is 72.2. The van der Waals surface area contributed by atoms with Gasteiger partial charge in [0.2, 0.25) is 10.0 Å². The molecule has 1 atom stereocenters. The average Bonchev–Trinajstić information content (AvgIpc) is 2.53. The monoisotopic (exact) mass is 397 g/mol. The smallest absolute Gasteiger partial charge is 0.262 e. The summed E-state index contributed by atoms with van der Waals surface area (Å²) in [5.41, 5.74) is 0. The molecule has 1 aromatic rings. The van der Waals surface area contributed by atoms with Gasteiger partial charge >= 0.3 is 0 Å². The van der Waals surface area contributed by atoms with Crippen molar-refractivity contribution in [3.63, 3.8) is 0 Å². The van der Waals surface area contributed by atoms with Gasteiger partial charge in [-0.25, -0.2) is 21.2 Å². The summed E-state index contributed by atoms with van der Waals surface area (Å²) in [4.78, 5) is 11.5. The molecular formula is C14H20FNO7S2. The van der Waals surface area contributed by atoms with Crippen molar-refractivity contribution in [2.24, 2.45) is 0 Å². The lowest BCUT2D eigenvalue weighted by molar-refractivity contribution is -0.130. The molecular weight excluding hydrogens is 377 g/mol. The van der Waals surface area contributed by atoms with Gasteiger partial charge in [0.15, 0.2) is 9.84 Å². The predicted molar refractivity (Wildman–Crippen MR) is 87.7 cm³/mol. The first-order chi connectivity index (χ1) is 11.6. The van der Waals surface area contributed by atoms with E-state index in [1.165, 1.54) is 14.0 Å². The van der Waals surface area contributed by atoms with Crippen molar-refractivity contribution >= 4 is 25.8 Å². The van der Waals surface area contributed by atoms with Crippen LogP contribution in [0.4, 0.5) is 4.39 Å². The van der Waals surface area contributed by atoms with E-state index >= 15 is 0 Å². The summed E-state index contributed by atoms with van der Waals surface area (Å²) in [7, 11) is -6.65. The number of hydrogen-bond acceptors (Lipinski definition) is 7. The van der Waals surface area contributed by atoms with E-state index in [1.54, 1.807) is 4.72 Å². The number of methoxy groups -OCH3 is 1. The molecule has 0 heterocycles. The van der Waals surface area contributed by atoms with E-state index in [2.05, 4.69) is 0 Å². The van der Waals surface area contributed by atoms with E-state index in [9.17, 15) is 26.0 Å². The molecule has 0 aromatic heterocycles. The van der Waals surface area contributed by atoms with Crippen molar-refractivity contribution < 1.29 is 35.5 Å². The second-order valence-corrected chi connectivity index (χ2v) is 9.01. The lowest BCUT2D eigenvalue weighted by Gasteiger charge is -2.13. The standard InChI is InChI=1S/C14H20FNO7S2/c1-11(23-8-7-22-2)14(17)16-25(20,21)10-9-24(18,19)13-5-3-12(15)4-6-13/h3-6,11H,7-10H2,1-2H3,(H,16,17). The Balaban J connectivity index is 2.62. The molecule has 1 aromatic carbocycles. The Hall–Kier alpha value is -1.56. The fourth-order valence-corrected chi connectivity index (χ4v) is 4.77. The maximum atomic E-state index is 12.8. The summed E-state index contributed by atoms with van der Waals surface area (Å²) in [5, 5.41) is 0. The molecule has 0 saturated carbocycles. The van der Waals surface area contributed by atoms with Crippen LogP contribution < -0.4 is 4.72 Å². The van der Waals surface area contributed by atoms with Gasteiger partial charge in [0.1, 0.15) is 11.9 Å². The molecule has 142 valence electrons. The highest BCUT2D eigenvalue weighted by atomic mass is 32.2. The van der Waals surface area contributed by atoms with Crippen LogP contribution in [-0.2, 0) is 34.1 Å². The van der Waals surface area contributed by atoms with Gasteiger partial charge in [-0.1, -0.05) is 0 Å². The number of halogens is 1. The zero-order valence-corrected chi connectivity index (χ0v) is 15.4. The highest BCUT2D eigenvalue weighted by molar-refractivity contribution is 7.94. The molecule has 8 nitrogen and oxygen atoms in total. The number of benzene rings is 1. The molecule has 0 aliphatic heterocycles. The Morgan fingerprint density at radius 1 is 1.12 bits per heavy atom. The molecule has 1 unspecified atom stereocenters. The Labute approximate surface area is 146 Å². The van der Waals surface area contributed by atoms with Gasteiger partial charge in [-0.15, -0.1) is 0 Å². The van der Waals surface area contributed by atoms with Gasteiger partial charge in [0.05, 0.1) is 29.6 Å². The molecule has 11 heteroatoms. The third kappa shape index (κ3) is 7.46. The van der Waals surface area contributed by atoms with E-state index in [-0.39, 0.29) is 18.1 Å². The molecule has 0 aliphatic carbocycles. The molecule has 1 rings (SSSR count). The molecule has 0 spiro atoms. The van der Waals surface area contributed by atoms with Gasteiger partial charge in [-0.2, -0.15) is 0 Å². The largest absolute Gasteiger partial charge is 0.382 e. The first kappa shape index (κ1) is 21.5. The van der Waals surface area contributed by atoms with Crippen molar-refractivity contribution in [1.29, 1.82) is 0 Å². The third-order valence-electron chi connectivity index (χ3n) is 3.07. The van der Waals surface area contributed by atoms with Crippen molar-refractivity contribution in [3.8, 4) is 0 Å². The number of amides is 1. The normalized spacial score (nSPS) is 13.4. The van der Waals surface area contributed by atoms with Crippen LogP contribution in [0.2, 0.25) is 0 Å². The fourth-order valence-electron chi connectivity index (χ4n) is 1.65. The van der Waals surface area contributed by atoms with Crippen molar-refractivity contribution in [2.75, 3.05) is 31.8 Å². The molecule has 25 heavy (non-hydrogen) atoms. The van der Waals surface area contributed by atoms with Gasteiger partial charge in [0, 0.05) is 7.11 Å². The first-order valence-electron chi connectivity index (χ1n) is 7.20. The summed E-state index contributed by atoms with van der Waals surface area (Å²) in [6.45, 7) is 1.69. The van der Waals surface area contributed by atoms with Crippen LogP contribution in [0, 0.1) is 5.82 Å². The van der Waals surface area contributed by atoms with Crippen LogP contribution in [0.5, 0.6) is 0 Å². The molecule has 0 saturated heterocycles. The lowest BCUT2D eigenvalue weighted by atomic mass is 10.4. The van der Waals surface area contributed by atoms with Crippen molar-refractivity contribution in [2.45, 2.75) is 17.9 Å². The number of sulfone groups is 1. The molecule has 0 radical (unpaired) electrons. The summed E-state index contributed by atoms with van der Waals surface area (Å²) in [5.74, 6) is -3.08. The molecule has 0 bridgehead atoms. The van der Waals surface area contributed by atoms with E-state index in [0.29, 0.717) is 0 Å². The van der Waals surface area contributed by atoms with Crippen molar-refractivity contribution in [3.05, 3.63) is 30.1 Å². The number of ether oxygens (including phenoxy) is 2. The number of rotatable bonds is 10. The minimum atomic E-state index is -4.17. The maximum Gasteiger partial charge on any atom is 0.262 e. The number of carbonyl (C=O) groups excluding carboxylic acids is 1. The Morgan fingerprint density at radius 2 is 1.72 bits per heavy atom. The topological polar surface area (TPSA) is 116 Å². The summed E-state index contributed by atoms with van der Waals surface area (Å²) in [6.07, 6.45) is -1.04. The Bertz CT molecular complexity index is 776. The van der Waals surface area contributed by atoms with Gasteiger partial charge in [0.25, 0.3) is 5.91 Å². The quantitative estimate of drug-likeness (QED) is 0.440. The number of nitrogens with one attached hydrogen (secondary N) is 1. The lowest BCUT2D eigenvalue weighted by Crippen LogP contribution is -2.41. The van der Waals surface area contributed by atoms with E-state index in [0.717, 1.165) is 24.3 Å². The minimum Gasteiger partial charge on any atom is -0.382 e. The number of carbonyl (C=O) groups is 1. The number of sulfonamides is 1. The summed E-state index contributed by atoms with van der Waals surface area (Å²) in [6, 6.07) is 4.01. The van der Waals surface area contributed by atoms with Crippen LogP contribution >= 0.6 is 0 Å². The second-order valence-electron chi connectivity index (χ2n) is 5.06. The van der Waals surface area contributed by atoms with Crippen LogP contribution in [0.15, 0.2) is 29.2 Å². The van der Waals surface area contributed by atoms with Gasteiger partial charge < -0.3 is 9.47 Å². The van der Waals surface area contributed by atoms with E-state index in [1.807, 2.05) is 0 Å². The zero-order valence-electron chi connectivity index (χ0n) is 13.8. The maximum absolute atomic E-state index is 12.8. The van der Waals surface area contributed by atoms with Crippen molar-refractivity contribution in [1.82, 2.24) is 4.72 Å². The van der Waals surface area contributed by atoms with E-state index < -0.39 is 49.2 Å². The van der Waals surface area contributed by atoms with E-state index in [4.69, 9.17) is 9.47 Å². The first-order valence-corrected chi connectivity index (χ1v) is 10.5. The fraction of sp³-hybridized carbons (Fsp3) is 0.500. The molecule has 1 N–H and O–H groups in total. The van der Waals surface area contributed by atoms with Gasteiger partial charge in [-0.3, -0.25) is 9.52 Å². The number of hydrogen-bond donors (Lipinski definition) is 1. The summed E-state index contributed by atoms with van der Waals surface area (Å²) >= 11 is 0. The highest BCUT2D eigenvalue weighted by Crippen LogP contribution is 2.12. The minimum absolute atomic E-state index is 0.101. The predicted octanol–water partition coefficient (Wildman–Crippen LogP) is 0.0969. The van der Waals surface area contributed by atoms with Crippen LogP contribution in [0.25, 0.3) is 0 Å². The SMILES string of the molecule is COCCOC(C)C(=O)NS(=O)(=O)CCS(=O)(=O)c1ccc(F)cc1. The molecule has 1 amide bonds. The van der Waals surface area contributed by atoms with Gasteiger partial charge in [-0.05, 0) is 31.2 Å². The Kier molecular flexibility index (Phi) is 7.93. The molecule has 0 fully saturated rings.